The molecule has 1 heterocycles. The summed E-state index contributed by atoms with van der Waals surface area (Å²) < 4.78 is -0.331. The molecule has 0 aromatic carbocycles. The SMILES string of the molecule is CC[C@@]1(CC(C)C)CC(CSB(O)I)ON1. The Morgan fingerprint density at radius 1 is 1.69 bits per heavy atom. The predicted molar refractivity (Wildman–Crippen MR) is 79.6 cm³/mol. The molecule has 1 aliphatic heterocycles. The standard InChI is InChI=1S/C10H21BINO2S/c1-4-10(5-8(2)3)6-9(15-13-10)7-16-11(12)14/h8-9,13-14H,4-7H2,1-3H3/t9?,10-/m1/s1. The molecule has 0 aliphatic carbocycles. The molecule has 0 saturated carbocycles. The van der Waals surface area contributed by atoms with Crippen molar-refractivity contribution in [1.82, 2.24) is 5.48 Å². The van der Waals surface area contributed by atoms with Crippen LogP contribution in [0, 0.1) is 5.92 Å². The van der Waals surface area contributed by atoms with E-state index in [9.17, 15) is 5.02 Å². The van der Waals surface area contributed by atoms with E-state index in [1.54, 1.807) is 0 Å². The van der Waals surface area contributed by atoms with Gasteiger partial charge in [0.25, 0.3) is 0 Å². The van der Waals surface area contributed by atoms with Gasteiger partial charge in [-0.1, -0.05) is 43.1 Å². The molecule has 0 spiro atoms. The second-order valence-corrected chi connectivity index (χ2v) is 8.04. The van der Waals surface area contributed by atoms with Crippen LogP contribution in [0.2, 0.25) is 0 Å². The van der Waals surface area contributed by atoms with Crippen molar-refractivity contribution in [1.29, 1.82) is 0 Å². The molecule has 16 heavy (non-hydrogen) atoms. The van der Waals surface area contributed by atoms with Gasteiger partial charge >= 0.3 is 4.05 Å². The lowest BCUT2D eigenvalue weighted by Gasteiger charge is -2.28. The van der Waals surface area contributed by atoms with Crippen molar-refractivity contribution in [2.75, 3.05) is 5.75 Å². The van der Waals surface area contributed by atoms with Gasteiger partial charge in [0, 0.05) is 11.3 Å². The predicted octanol–water partition coefficient (Wildman–Crippen LogP) is 2.62. The van der Waals surface area contributed by atoms with E-state index in [2.05, 4.69) is 26.3 Å². The molecule has 0 aromatic rings. The molecule has 1 aliphatic rings. The first kappa shape index (κ1) is 15.1. The van der Waals surface area contributed by atoms with Gasteiger partial charge in [-0.15, -0.1) is 0 Å². The van der Waals surface area contributed by atoms with E-state index >= 15 is 0 Å². The third-order valence-corrected chi connectivity index (χ3v) is 4.87. The van der Waals surface area contributed by atoms with Crippen molar-refractivity contribution in [3.63, 3.8) is 0 Å². The Kier molecular flexibility index (Phi) is 6.43. The van der Waals surface area contributed by atoms with Gasteiger partial charge in [0.2, 0.25) is 0 Å². The number of halogens is 1. The van der Waals surface area contributed by atoms with Crippen LogP contribution in [0.1, 0.15) is 40.0 Å². The summed E-state index contributed by atoms with van der Waals surface area (Å²) in [7, 11) is 0. The lowest BCUT2D eigenvalue weighted by atomic mass is 9.84. The number of hydrogen-bond donors (Lipinski definition) is 2. The van der Waals surface area contributed by atoms with Crippen LogP contribution in [-0.4, -0.2) is 26.5 Å². The van der Waals surface area contributed by atoms with E-state index in [1.807, 2.05) is 22.4 Å². The molecule has 1 saturated heterocycles. The number of nitrogens with one attached hydrogen (secondary N) is 1. The van der Waals surface area contributed by atoms with E-state index in [4.69, 9.17) is 4.84 Å². The van der Waals surface area contributed by atoms with E-state index in [-0.39, 0.29) is 15.7 Å². The Morgan fingerprint density at radius 2 is 2.38 bits per heavy atom. The Bertz CT molecular complexity index is 221. The minimum atomic E-state index is -0.331. The summed E-state index contributed by atoms with van der Waals surface area (Å²) in [5.41, 5.74) is 3.38. The van der Waals surface area contributed by atoms with Crippen molar-refractivity contribution >= 4 is 38.0 Å². The summed E-state index contributed by atoms with van der Waals surface area (Å²) in [5, 5.41) is 9.22. The third-order valence-electron chi connectivity index (χ3n) is 2.96. The van der Waals surface area contributed by atoms with Gasteiger partial charge in [0.1, 0.15) is 0 Å². The fourth-order valence-corrected chi connectivity index (χ4v) is 3.46. The molecule has 0 bridgehead atoms. The van der Waals surface area contributed by atoms with Gasteiger partial charge in [-0.25, -0.2) is 0 Å². The normalized spacial score (nSPS) is 30.0. The second-order valence-electron chi connectivity index (χ2n) is 4.90. The highest BCUT2D eigenvalue weighted by atomic mass is 127. The highest BCUT2D eigenvalue weighted by Gasteiger charge is 2.39. The molecule has 1 rings (SSSR count). The van der Waals surface area contributed by atoms with Crippen LogP contribution in [0.15, 0.2) is 0 Å². The van der Waals surface area contributed by atoms with Crippen molar-refractivity contribution in [2.24, 2.45) is 5.92 Å². The molecule has 6 heteroatoms. The first-order valence-corrected chi connectivity index (χ1v) is 8.13. The maximum absolute atomic E-state index is 9.22. The monoisotopic (exact) mass is 357 g/mol. The summed E-state index contributed by atoms with van der Waals surface area (Å²) in [4.78, 5) is 5.63. The van der Waals surface area contributed by atoms with Crippen LogP contribution >= 0.6 is 34.0 Å². The number of hydroxylamine groups is 1. The summed E-state index contributed by atoms with van der Waals surface area (Å²) >= 11 is 3.55. The summed E-state index contributed by atoms with van der Waals surface area (Å²) in [6.45, 7) is 6.70. The maximum atomic E-state index is 9.22. The molecule has 0 aromatic heterocycles. The van der Waals surface area contributed by atoms with Crippen LogP contribution in [0.3, 0.4) is 0 Å². The molecule has 1 fully saturated rings. The van der Waals surface area contributed by atoms with Gasteiger partial charge in [-0.2, -0.15) is 17.1 Å². The Labute approximate surface area is 116 Å². The van der Waals surface area contributed by atoms with Crippen LogP contribution in [0.5, 0.6) is 0 Å². The largest absolute Gasteiger partial charge is 0.433 e. The van der Waals surface area contributed by atoms with Crippen LogP contribution in [0.25, 0.3) is 0 Å². The Hall–Kier alpha value is 1.02. The quantitative estimate of drug-likeness (QED) is 0.567. The molecular weight excluding hydrogens is 336 g/mol. The first-order chi connectivity index (χ1) is 7.47. The molecule has 2 atom stereocenters. The van der Waals surface area contributed by atoms with Crippen molar-refractivity contribution in [3.8, 4) is 0 Å². The number of rotatable bonds is 6. The molecule has 0 amide bonds. The zero-order valence-corrected chi connectivity index (χ0v) is 13.2. The van der Waals surface area contributed by atoms with Crippen LogP contribution < -0.4 is 5.48 Å². The average Bonchev–Trinajstić information content (AvgIpc) is 2.58. The third kappa shape index (κ3) is 4.72. The summed E-state index contributed by atoms with van der Waals surface area (Å²) in [6, 6.07) is 0. The fourth-order valence-electron chi connectivity index (χ4n) is 2.27. The summed E-state index contributed by atoms with van der Waals surface area (Å²) in [5.74, 6) is 1.54. The van der Waals surface area contributed by atoms with Crippen molar-refractivity contribution in [3.05, 3.63) is 0 Å². The Morgan fingerprint density at radius 3 is 2.88 bits per heavy atom. The molecular formula is C10H21BINO2S. The zero-order valence-electron chi connectivity index (χ0n) is 10.2. The van der Waals surface area contributed by atoms with Gasteiger partial charge in [0.15, 0.2) is 0 Å². The van der Waals surface area contributed by atoms with E-state index in [1.165, 1.54) is 11.6 Å². The minimum Gasteiger partial charge on any atom is -0.433 e. The van der Waals surface area contributed by atoms with Gasteiger partial charge < -0.3 is 5.02 Å². The van der Waals surface area contributed by atoms with Crippen molar-refractivity contribution < 1.29 is 9.86 Å². The Balaban J connectivity index is 2.41. The molecule has 94 valence electrons. The molecule has 2 N–H and O–H groups in total. The lowest BCUT2D eigenvalue weighted by molar-refractivity contribution is 0.0168. The zero-order chi connectivity index (χ0) is 12.2. The van der Waals surface area contributed by atoms with Gasteiger partial charge in [0.05, 0.1) is 6.10 Å². The highest BCUT2D eigenvalue weighted by Crippen LogP contribution is 2.33. The highest BCUT2D eigenvalue weighted by molar-refractivity contribution is 14.1. The number of hydrogen-bond acceptors (Lipinski definition) is 4. The van der Waals surface area contributed by atoms with E-state index < -0.39 is 0 Å². The van der Waals surface area contributed by atoms with E-state index in [0.717, 1.165) is 25.0 Å². The van der Waals surface area contributed by atoms with Crippen LogP contribution in [-0.2, 0) is 4.84 Å². The topological polar surface area (TPSA) is 41.5 Å². The van der Waals surface area contributed by atoms with Gasteiger partial charge in [-0.3, -0.25) is 4.84 Å². The molecule has 3 nitrogen and oxygen atoms in total. The van der Waals surface area contributed by atoms with Gasteiger partial charge in [-0.05, 0) is 25.2 Å². The maximum Gasteiger partial charge on any atom is 0.432 e. The second kappa shape index (κ2) is 6.82. The average molecular weight is 357 g/mol. The van der Waals surface area contributed by atoms with Crippen molar-refractivity contribution in [2.45, 2.75) is 51.7 Å². The first-order valence-electron chi connectivity index (χ1n) is 5.84. The molecule has 0 radical (unpaired) electrons. The smallest absolute Gasteiger partial charge is 0.432 e. The minimum absolute atomic E-state index is 0.148. The lowest BCUT2D eigenvalue weighted by Crippen LogP contribution is -2.39. The fraction of sp³-hybridized carbons (Fsp3) is 1.00. The van der Waals surface area contributed by atoms with E-state index in [0.29, 0.717) is 5.92 Å². The summed E-state index contributed by atoms with van der Waals surface area (Å²) in [6.07, 6.45) is 3.53. The van der Waals surface area contributed by atoms with Crippen LogP contribution in [0.4, 0.5) is 0 Å². The molecule has 1 unspecified atom stereocenters.